The normalized spacial score (nSPS) is 53.5. The molecule has 0 aliphatic heterocycles. The van der Waals surface area contributed by atoms with Gasteiger partial charge in [-0.15, -0.1) is 0 Å². The molecule has 2 saturated carbocycles. The van der Waals surface area contributed by atoms with Crippen LogP contribution in [-0.2, 0) is 0 Å². The van der Waals surface area contributed by atoms with Crippen LogP contribution >= 0.6 is 0 Å². The first-order valence-corrected chi connectivity index (χ1v) is 4.66. The van der Waals surface area contributed by atoms with Crippen LogP contribution in [0.5, 0.6) is 0 Å². The Kier molecular flexibility index (Phi) is 1.26. The van der Waals surface area contributed by atoms with Crippen LogP contribution in [0.1, 0.15) is 40.0 Å². The van der Waals surface area contributed by atoms with E-state index in [1.54, 1.807) is 0 Å². The minimum absolute atomic E-state index is 0.0313. The number of fused-ring (bicyclic) bond motifs is 2. The molecule has 3 atom stereocenters. The van der Waals surface area contributed by atoms with E-state index in [0.29, 0.717) is 5.41 Å². The SMILES string of the molecule is CC1(C)C2CC[C@]1(C)[C@H](O)C2. The van der Waals surface area contributed by atoms with Gasteiger partial charge >= 0.3 is 0 Å². The summed E-state index contributed by atoms with van der Waals surface area (Å²) in [6.45, 7) is 6.90. The van der Waals surface area contributed by atoms with Crippen molar-refractivity contribution in [1.29, 1.82) is 0 Å². The highest BCUT2D eigenvalue weighted by molar-refractivity contribution is 5.10. The smallest absolute Gasteiger partial charge is 0.0601 e. The Hall–Kier alpha value is -0.0400. The molecule has 64 valence electrons. The summed E-state index contributed by atoms with van der Waals surface area (Å²) in [5.41, 5.74) is 0.601. The van der Waals surface area contributed by atoms with Gasteiger partial charge in [0.1, 0.15) is 0 Å². The van der Waals surface area contributed by atoms with Crippen LogP contribution in [0, 0.1) is 16.7 Å². The van der Waals surface area contributed by atoms with Crippen molar-refractivity contribution < 1.29 is 5.11 Å². The maximum atomic E-state index is 9.81. The number of hydrogen-bond donors (Lipinski definition) is 1. The Balaban J connectivity index is 2.40. The quantitative estimate of drug-likeness (QED) is 0.567. The molecule has 2 aliphatic rings. The van der Waals surface area contributed by atoms with Crippen molar-refractivity contribution in [2.24, 2.45) is 16.7 Å². The summed E-state index contributed by atoms with van der Waals surface area (Å²) < 4.78 is 0. The van der Waals surface area contributed by atoms with Crippen molar-refractivity contribution in [2.75, 3.05) is 0 Å². The summed E-state index contributed by atoms with van der Waals surface area (Å²) >= 11 is 0. The lowest BCUT2D eigenvalue weighted by Gasteiger charge is -2.36. The van der Waals surface area contributed by atoms with Gasteiger partial charge in [0.15, 0.2) is 0 Å². The van der Waals surface area contributed by atoms with Crippen LogP contribution in [0.2, 0.25) is 0 Å². The largest absolute Gasteiger partial charge is 0.393 e. The van der Waals surface area contributed by atoms with Gasteiger partial charge in [-0.2, -0.15) is 0 Å². The van der Waals surface area contributed by atoms with Gasteiger partial charge in [-0.05, 0) is 36.0 Å². The maximum Gasteiger partial charge on any atom is 0.0601 e. The topological polar surface area (TPSA) is 20.2 Å². The average molecular weight is 154 g/mol. The molecule has 0 heterocycles. The molecule has 0 saturated heterocycles. The van der Waals surface area contributed by atoms with Crippen LogP contribution in [-0.4, -0.2) is 11.2 Å². The van der Waals surface area contributed by atoms with E-state index in [-0.39, 0.29) is 11.5 Å². The monoisotopic (exact) mass is 154 g/mol. The Morgan fingerprint density at radius 3 is 2.09 bits per heavy atom. The fraction of sp³-hybridized carbons (Fsp3) is 1.00. The summed E-state index contributed by atoms with van der Waals surface area (Å²) in [6, 6.07) is 0. The second-order valence-corrected chi connectivity index (χ2v) is 5.13. The second-order valence-electron chi connectivity index (χ2n) is 5.13. The number of rotatable bonds is 0. The Labute approximate surface area is 68.8 Å². The molecule has 1 N–H and O–H groups in total. The van der Waals surface area contributed by atoms with E-state index in [4.69, 9.17) is 0 Å². The maximum absolute atomic E-state index is 9.81. The van der Waals surface area contributed by atoms with E-state index in [0.717, 1.165) is 12.3 Å². The van der Waals surface area contributed by atoms with Crippen molar-refractivity contribution in [3.05, 3.63) is 0 Å². The van der Waals surface area contributed by atoms with Crippen LogP contribution in [0.4, 0.5) is 0 Å². The van der Waals surface area contributed by atoms with Gasteiger partial charge in [-0.3, -0.25) is 0 Å². The highest BCUT2D eigenvalue weighted by atomic mass is 16.3. The summed E-state index contributed by atoms with van der Waals surface area (Å²) in [7, 11) is 0. The highest BCUT2D eigenvalue weighted by Crippen LogP contribution is 2.65. The molecule has 0 radical (unpaired) electrons. The van der Waals surface area contributed by atoms with Gasteiger partial charge in [0.25, 0.3) is 0 Å². The molecule has 2 bridgehead atoms. The Morgan fingerprint density at radius 2 is 1.91 bits per heavy atom. The van der Waals surface area contributed by atoms with Gasteiger partial charge in [0.2, 0.25) is 0 Å². The van der Waals surface area contributed by atoms with Gasteiger partial charge < -0.3 is 5.11 Å². The third-order valence-corrected chi connectivity index (χ3v) is 4.75. The summed E-state index contributed by atoms with van der Waals surface area (Å²) in [6.07, 6.45) is 3.58. The first-order valence-electron chi connectivity index (χ1n) is 4.66. The van der Waals surface area contributed by atoms with Gasteiger partial charge in [-0.1, -0.05) is 20.8 Å². The van der Waals surface area contributed by atoms with Crippen molar-refractivity contribution in [3.63, 3.8) is 0 Å². The zero-order valence-corrected chi connectivity index (χ0v) is 7.72. The predicted octanol–water partition coefficient (Wildman–Crippen LogP) is 2.19. The number of hydrogen-bond acceptors (Lipinski definition) is 1. The molecule has 0 aromatic carbocycles. The first-order chi connectivity index (χ1) is 4.98. The molecule has 0 amide bonds. The Bertz CT molecular complexity index is 185. The van der Waals surface area contributed by atoms with Crippen molar-refractivity contribution in [1.82, 2.24) is 0 Å². The van der Waals surface area contributed by atoms with Crippen molar-refractivity contribution in [2.45, 2.75) is 46.1 Å². The molecular weight excluding hydrogens is 136 g/mol. The van der Waals surface area contributed by atoms with Gasteiger partial charge in [0.05, 0.1) is 6.10 Å². The molecule has 2 aliphatic carbocycles. The minimum Gasteiger partial charge on any atom is -0.393 e. The van der Waals surface area contributed by atoms with E-state index in [1.807, 2.05) is 0 Å². The zero-order valence-electron chi connectivity index (χ0n) is 7.72. The third-order valence-electron chi connectivity index (χ3n) is 4.75. The molecule has 1 heteroatoms. The Morgan fingerprint density at radius 1 is 1.27 bits per heavy atom. The second kappa shape index (κ2) is 1.82. The molecule has 1 nitrogen and oxygen atoms in total. The van der Waals surface area contributed by atoms with E-state index >= 15 is 0 Å². The van der Waals surface area contributed by atoms with E-state index in [9.17, 15) is 5.11 Å². The standard InChI is InChI=1S/C10H18O/c1-9(2)7-4-5-10(9,3)8(11)6-7/h7-8,11H,4-6H2,1-3H3/t7?,8-,10-/m1/s1. The summed E-state index contributed by atoms with van der Waals surface area (Å²) in [4.78, 5) is 0. The van der Waals surface area contributed by atoms with Crippen LogP contribution in [0.25, 0.3) is 0 Å². The van der Waals surface area contributed by atoms with Crippen molar-refractivity contribution >= 4 is 0 Å². The summed E-state index contributed by atoms with van der Waals surface area (Å²) in [5, 5.41) is 9.81. The minimum atomic E-state index is -0.0313. The molecule has 0 spiro atoms. The lowest BCUT2D eigenvalue weighted by molar-refractivity contribution is 0.0126. The number of aliphatic hydroxyl groups is 1. The molecule has 0 aromatic rings. The average Bonchev–Trinajstić information content (AvgIpc) is 2.20. The molecule has 11 heavy (non-hydrogen) atoms. The van der Waals surface area contributed by atoms with Crippen LogP contribution < -0.4 is 0 Å². The third kappa shape index (κ3) is 0.658. The molecule has 0 aromatic heterocycles. The highest BCUT2D eigenvalue weighted by Gasteiger charge is 2.60. The fourth-order valence-corrected chi connectivity index (χ4v) is 3.16. The van der Waals surface area contributed by atoms with E-state index in [2.05, 4.69) is 20.8 Å². The predicted molar refractivity (Wildman–Crippen MR) is 45.2 cm³/mol. The van der Waals surface area contributed by atoms with Gasteiger partial charge in [0, 0.05) is 0 Å². The van der Waals surface area contributed by atoms with Crippen LogP contribution in [0.15, 0.2) is 0 Å². The molecule has 1 unspecified atom stereocenters. The van der Waals surface area contributed by atoms with E-state index in [1.165, 1.54) is 12.8 Å². The van der Waals surface area contributed by atoms with E-state index < -0.39 is 0 Å². The van der Waals surface area contributed by atoms with Crippen molar-refractivity contribution in [3.8, 4) is 0 Å². The molecular formula is C10H18O. The molecule has 2 rings (SSSR count). The number of aliphatic hydroxyl groups excluding tert-OH is 1. The first kappa shape index (κ1) is 7.60. The van der Waals surface area contributed by atoms with Gasteiger partial charge in [-0.25, -0.2) is 0 Å². The molecule has 2 fully saturated rings. The summed E-state index contributed by atoms with van der Waals surface area (Å²) in [5.74, 6) is 0.780. The zero-order chi connectivity index (χ0) is 8.28. The fourth-order valence-electron chi connectivity index (χ4n) is 3.16. The lowest BCUT2D eigenvalue weighted by Crippen LogP contribution is -2.35. The van der Waals surface area contributed by atoms with Crippen LogP contribution in [0.3, 0.4) is 0 Å². The lowest BCUT2D eigenvalue weighted by atomic mass is 9.70.